The van der Waals surface area contributed by atoms with Crippen molar-refractivity contribution in [2.45, 2.75) is 38.8 Å². The van der Waals surface area contributed by atoms with Crippen LogP contribution in [0.25, 0.3) is 22.1 Å². The zero-order chi connectivity index (χ0) is 25.4. The lowest BCUT2D eigenvalue weighted by Gasteiger charge is -2.28. The SMILES string of the molecule is CC(C)N1CCCC1COc1cc(Nc2nc3cc(Oc4ccnc5[nH]ccc45)ccc3o2)ccc1Cl. The molecule has 4 heterocycles. The molecule has 1 saturated heterocycles. The van der Waals surface area contributed by atoms with Gasteiger partial charge in [-0.3, -0.25) is 4.90 Å². The summed E-state index contributed by atoms with van der Waals surface area (Å²) in [5, 5.41) is 4.71. The first-order valence-corrected chi connectivity index (χ1v) is 12.9. The minimum absolute atomic E-state index is 0.374. The van der Waals surface area contributed by atoms with Crippen LogP contribution in [0.3, 0.4) is 0 Å². The number of H-pyrrole nitrogens is 1. The number of aromatic amines is 1. The van der Waals surface area contributed by atoms with Crippen LogP contribution < -0.4 is 14.8 Å². The highest BCUT2D eigenvalue weighted by Crippen LogP contribution is 2.33. The molecule has 0 saturated carbocycles. The predicted molar refractivity (Wildman–Crippen MR) is 145 cm³/mol. The second-order valence-electron chi connectivity index (χ2n) is 9.51. The molecule has 9 heteroatoms. The summed E-state index contributed by atoms with van der Waals surface area (Å²) in [4.78, 5) is 14.5. The van der Waals surface area contributed by atoms with Crippen molar-refractivity contribution in [3.05, 3.63) is 65.9 Å². The van der Waals surface area contributed by atoms with Crippen molar-refractivity contribution < 1.29 is 13.9 Å². The van der Waals surface area contributed by atoms with E-state index in [-0.39, 0.29) is 0 Å². The Morgan fingerprint density at radius 1 is 1.16 bits per heavy atom. The van der Waals surface area contributed by atoms with Gasteiger partial charge in [-0.15, -0.1) is 0 Å². The Bertz CT molecular complexity index is 1550. The normalized spacial score (nSPS) is 16.2. The van der Waals surface area contributed by atoms with Crippen LogP contribution in [0.2, 0.25) is 5.02 Å². The van der Waals surface area contributed by atoms with Gasteiger partial charge in [-0.2, -0.15) is 4.98 Å². The van der Waals surface area contributed by atoms with E-state index >= 15 is 0 Å². The third-order valence-electron chi connectivity index (χ3n) is 6.71. The van der Waals surface area contributed by atoms with Crippen LogP contribution in [-0.4, -0.2) is 45.1 Å². The molecule has 5 aromatic rings. The van der Waals surface area contributed by atoms with E-state index in [1.54, 1.807) is 6.20 Å². The van der Waals surface area contributed by atoms with E-state index < -0.39 is 0 Å². The number of hydrogen-bond acceptors (Lipinski definition) is 7. The number of pyridine rings is 1. The van der Waals surface area contributed by atoms with Crippen molar-refractivity contribution >= 4 is 45.4 Å². The lowest BCUT2D eigenvalue weighted by Crippen LogP contribution is -2.39. The lowest BCUT2D eigenvalue weighted by molar-refractivity contribution is 0.144. The lowest BCUT2D eigenvalue weighted by atomic mass is 10.2. The molecule has 190 valence electrons. The van der Waals surface area contributed by atoms with Crippen LogP contribution in [-0.2, 0) is 0 Å². The fourth-order valence-corrected chi connectivity index (χ4v) is 5.07. The van der Waals surface area contributed by atoms with Gasteiger partial charge < -0.3 is 24.2 Å². The number of likely N-dealkylation sites (tertiary alicyclic amines) is 1. The number of nitrogens with one attached hydrogen (secondary N) is 2. The number of rotatable bonds is 8. The third kappa shape index (κ3) is 4.95. The molecular formula is C28H28ClN5O3. The minimum atomic E-state index is 0.374. The van der Waals surface area contributed by atoms with Crippen LogP contribution in [0.15, 0.2) is 65.3 Å². The second-order valence-corrected chi connectivity index (χ2v) is 9.92. The van der Waals surface area contributed by atoms with Gasteiger partial charge in [-0.25, -0.2) is 4.98 Å². The number of ether oxygens (including phenoxy) is 2. The number of oxazole rings is 1. The predicted octanol–water partition coefficient (Wildman–Crippen LogP) is 7.15. The van der Waals surface area contributed by atoms with E-state index in [0.717, 1.165) is 35.4 Å². The standard InChI is InChI=1S/C28H28ClN5O3/c1-17(2)34-13-3-4-19(34)16-35-26-14-18(5-7-22(26)29)32-28-33-23-15-20(6-8-25(23)37-28)36-24-10-12-31-27-21(24)9-11-30-27/h5-12,14-15,17,19H,3-4,13,16H2,1-2H3,(H,30,31)(H,32,33). The van der Waals surface area contributed by atoms with Crippen LogP contribution in [0.1, 0.15) is 26.7 Å². The highest BCUT2D eigenvalue weighted by atomic mass is 35.5. The van der Waals surface area contributed by atoms with Crippen LogP contribution >= 0.6 is 11.6 Å². The van der Waals surface area contributed by atoms with Crippen LogP contribution in [0, 0.1) is 0 Å². The zero-order valence-electron chi connectivity index (χ0n) is 20.7. The van der Waals surface area contributed by atoms with Gasteiger partial charge in [-0.1, -0.05) is 11.6 Å². The van der Waals surface area contributed by atoms with Gasteiger partial charge in [0.2, 0.25) is 0 Å². The molecule has 8 nitrogen and oxygen atoms in total. The van der Waals surface area contributed by atoms with Gasteiger partial charge in [0.05, 0.1) is 10.4 Å². The molecule has 1 unspecified atom stereocenters. The summed E-state index contributed by atoms with van der Waals surface area (Å²) in [6.45, 7) is 6.18. The maximum atomic E-state index is 6.44. The average Bonchev–Trinajstić information content (AvgIpc) is 3.63. The summed E-state index contributed by atoms with van der Waals surface area (Å²) in [5.74, 6) is 2.02. The molecule has 2 N–H and O–H groups in total. The van der Waals surface area contributed by atoms with Gasteiger partial charge in [0.25, 0.3) is 6.01 Å². The fourth-order valence-electron chi connectivity index (χ4n) is 4.89. The molecule has 0 spiro atoms. The number of halogens is 1. The van der Waals surface area contributed by atoms with Gasteiger partial charge in [-0.05, 0) is 69.6 Å². The molecule has 37 heavy (non-hydrogen) atoms. The maximum Gasteiger partial charge on any atom is 0.300 e. The summed E-state index contributed by atoms with van der Waals surface area (Å²) in [7, 11) is 0. The van der Waals surface area contributed by atoms with Gasteiger partial charge in [0.15, 0.2) is 5.58 Å². The first kappa shape index (κ1) is 23.6. The van der Waals surface area contributed by atoms with E-state index in [2.05, 4.69) is 39.0 Å². The largest absolute Gasteiger partial charge is 0.490 e. The number of aromatic nitrogens is 3. The summed E-state index contributed by atoms with van der Waals surface area (Å²) in [6.07, 6.45) is 5.89. The summed E-state index contributed by atoms with van der Waals surface area (Å²) < 4.78 is 18.2. The van der Waals surface area contributed by atoms with Crippen molar-refractivity contribution in [2.75, 3.05) is 18.5 Å². The molecule has 0 aliphatic carbocycles. The first-order chi connectivity index (χ1) is 18.0. The van der Waals surface area contributed by atoms with Crippen molar-refractivity contribution in [1.82, 2.24) is 19.9 Å². The minimum Gasteiger partial charge on any atom is -0.490 e. The topological polar surface area (TPSA) is 88.4 Å². The van der Waals surface area contributed by atoms with E-state index in [1.165, 1.54) is 6.42 Å². The van der Waals surface area contributed by atoms with Gasteiger partial charge >= 0.3 is 0 Å². The Kier molecular flexibility index (Phi) is 6.36. The molecule has 6 rings (SSSR count). The highest BCUT2D eigenvalue weighted by Gasteiger charge is 2.27. The molecule has 0 radical (unpaired) electrons. The number of hydrogen-bond donors (Lipinski definition) is 2. The smallest absolute Gasteiger partial charge is 0.300 e. The van der Waals surface area contributed by atoms with E-state index in [4.69, 9.17) is 25.5 Å². The van der Waals surface area contributed by atoms with E-state index in [1.807, 2.05) is 54.7 Å². The zero-order valence-corrected chi connectivity index (χ0v) is 21.5. The van der Waals surface area contributed by atoms with Crippen LogP contribution in [0.4, 0.5) is 11.7 Å². The number of benzene rings is 2. The van der Waals surface area contributed by atoms with E-state index in [9.17, 15) is 0 Å². The van der Waals surface area contributed by atoms with Crippen molar-refractivity contribution in [3.63, 3.8) is 0 Å². The summed E-state index contributed by atoms with van der Waals surface area (Å²) in [5.41, 5.74) is 2.89. The number of fused-ring (bicyclic) bond motifs is 2. The Labute approximate surface area is 219 Å². The molecule has 1 fully saturated rings. The first-order valence-electron chi connectivity index (χ1n) is 12.5. The van der Waals surface area contributed by atoms with Crippen LogP contribution in [0.5, 0.6) is 17.2 Å². The van der Waals surface area contributed by atoms with E-state index in [0.29, 0.717) is 52.3 Å². The molecule has 0 amide bonds. The monoisotopic (exact) mass is 517 g/mol. The maximum absolute atomic E-state index is 6.44. The Morgan fingerprint density at radius 3 is 2.97 bits per heavy atom. The molecule has 2 aromatic carbocycles. The highest BCUT2D eigenvalue weighted by molar-refractivity contribution is 6.32. The van der Waals surface area contributed by atoms with Gasteiger partial charge in [0.1, 0.15) is 35.0 Å². The average molecular weight is 518 g/mol. The summed E-state index contributed by atoms with van der Waals surface area (Å²) >= 11 is 6.44. The molecule has 1 aliphatic rings. The molecule has 0 bridgehead atoms. The number of anilines is 2. The molecule has 1 aliphatic heterocycles. The third-order valence-corrected chi connectivity index (χ3v) is 7.02. The second kappa shape index (κ2) is 9.95. The Balaban J connectivity index is 1.16. The number of nitrogens with zero attached hydrogens (tertiary/aromatic N) is 3. The van der Waals surface area contributed by atoms with Crippen molar-refractivity contribution in [2.24, 2.45) is 0 Å². The fraction of sp³-hybridized carbons (Fsp3) is 0.286. The summed E-state index contributed by atoms with van der Waals surface area (Å²) in [6, 6.07) is 16.2. The van der Waals surface area contributed by atoms with Gasteiger partial charge in [0, 0.05) is 42.3 Å². The molecular weight excluding hydrogens is 490 g/mol. The quantitative estimate of drug-likeness (QED) is 0.226. The Hall–Kier alpha value is -3.75. The van der Waals surface area contributed by atoms with Crippen molar-refractivity contribution in [3.8, 4) is 17.2 Å². The van der Waals surface area contributed by atoms with Crippen molar-refractivity contribution in [1.29, 1.82) is 0 Å². The Morgan fingerprint density at radius 2 is 2.08 bits per heavy atom. The molecule has 3 aromatic heterocycles. The molecule has 1 atom stereocenters.